The van der Waals surface area contributed by atoms with Crippen LogP contribution < -0.4 is 0 Å². The summed E-state index contributed by atoms with van der Waals surface area (Å²) in [7, 11) is 0. The maximum Gasteiger partial charge on any atom is 0.303 e. The van der Waals surface area contributed by atoms with Gasteiger partial charge in [-0.25, -0.2) is 4.39 Å². The molecule has 0 bridgehead atoms. The summed E-state index contributed by atoms with van der Waals surface area (Å²) in [4.78, 5) is 16.1. The van der Waals surface area contributed by atoms with Crippen LogP contribution in [0.2, 0.25) is 0 Å². The zero-order valence-electron chi connectivity index (χ0n) is 21.4. The third kappa shape index (κ3) is 4.74. The van der Waals surface area contributed by atoms with Gasteiger partial charge in [-0.15, -0.1) is 0 Å². The van der Waals surface area contributed by atoms with Gasteiger partial charge < -0.3 is 14.0 Å². The Morgan fingerprint density at radius 1 is 1.05 bits per heavy atom. The lowest BCUT2D eigenvalue weighted by molar-refractivity contribution is -0.149. The number of benzene rings is 2. The van der Waals surface area contributed by atoms with Crippen LogP contribution >= 0.6 is 0 Å². The van der Waals surface area contributed by atoms with E-state index in [4.69, 9.17) is 19.1 Å². The van der Waals surface area contributed by atoms with E-state index in [0.717, 1.165) is 35.2 Å². The van der Waals surface area contributed by atoms with Crippen LogP contribution in [0.1, 0.15) is 55.0 Å². The molecule has 0 unspecified atom stereocenters. The maximum atomic E-state index is 15.2. The van der Waals surface area contributed by atoms with E-state index in [2.05, 4.69) is 16.2 Å². The molecule has 0 N–H and O–H groups in total. The van der Waals surface area contributed by atoms with Crippen molar-refractivity contribution in [1.29, 1.82) is 0 Å². The molecule has 1 aliphatic heterocycles. The van der Waals surface area contributed by atoms with Crippen molar-refractivity contribution in [3.63, 3.8) is 0 Å². The highest BCUT2D eigenvalue weighted by atomic mass is 19.1. The molecule has 196 valence electrons. The highest BCUT2D eigenvalue weighted by molar-refractivity contribution is 5.67. The number of hydrogen-bond acceptors (Lipinski definition) is 7. The Hall–Kier alpha value is -3.85. The van der Waals surface area contributed by atoms with E-state index in [0.29, 0.717) is 55.6 Å². The molecule has 8 nitrogen and oxygen atoms in total. The van der Waals surface area contributed by atoms with Gasteiger partial charge in [0.05, 0.1) is 6.54 Å². The fourth-order valence-electron chi connectivity index (χ4n) is 5.09. The molecule has 0 radical (unpaired) electrons. The monoisotopic (exact) mass is 516 g/mol. The molecule has 0 atom stereocenters. The number of rotatable bonds is 7. The summed E-state index contributed by atoms with van der Waals surface area (Å²) in [6.07, 6.45) is 2.40. The van der Waals surface area contributed by atoms with Gasteiger partial charge in [-0.2, -0.15) is 10.1 Å². The van der Waals surface area contributed by atoms with Gasteiger partial charge in [0.2, 0.25) is 5.82 Å². The Labute approximate surface area is 219 Å². The SMILES string of the molecule is CC(=O)OC1(c2cccc(Cn3nc(-c4nc(-c5ccc(C6(F)CCOCC6)cc5)no4)cc3C)c2)CC1. The molecule has 1 saturated heterocycles. The van der Waals surface area contributed by atoms with Gasteiger partial charge in [-0.1, -0.05) is 47.6 Å². The summed E-state index contributed by atoms with van der Waals surface area (Å²) in [5, 5.41) is 8.82. The largest absolute Gasteiger partial charge is 0.454 e. The van der Waals surface area contributed by atoms with E-state index >= 15 is 4.39 Å². The second kappa shape index (κ2) is 9.47. The van der Waals surface area contributed by atoms with Crippen molar-refractivity contribution in [1.82, 2.24) is 19.9 Å². The summed E-state index contributed by atoms with van der Waals surface area (Å²) in [6.45, 7) is 4.83. The number of alkyl halides is 1. The molecule has 2 aliphatic rings. The third-order valence-corrected chi connectivity index (χ3v) is 7.40. The predicted molar refractivity (Wildman–Crippen MR) is 137 cm³/mol. The van der Waals surface area contributed by atoms with Crippen LogP contribution in [-0.2, 0) is 32.1 Å². The van der Waals surface area contributed by atoms with Crippen molar-refractivity contribution in [3.05, 3.63) is 77.0 Å². The zero-order chi connectivity index (χ0) is 26.3. The fraction of sp³-hybridized carbons (Fsp3) is 0.379. The highest BCUT2D eigenvalue weighted by Gasteiger charge is 2.48. The van der Waals surface area contributed by atoms with E-state index in [1.165, 1.54) is 6.92 Å². The van der Waals surface area contributed by atoms with Crippen LogP contribution in [0.25, 0.3) is 23.0 Å². The number of hydrogen-bond donors (Lipinski definition) is 0. The van der Waals surface area contributed by atoms with E-state index in [1.807, 2.05) is 48.0 Å². The normalized spacial score (nSPS) is 17.8. The second-order valence-corrected chi connectivity index (χ2v) is 10.2. The molecule has 38 heavy (non-hydrogen) atoms. The quantitative estimate of drug-likeness (QED) is 0.300. The minimum atomic E-state index is -1.36. The van der Waals surface area contributed by atoms with E-state index in [-0.39, 0.29) is 5.97 Å². The van der Waals surface area contributed by atoms with E-state index < -0.39 is 11.3 Å². The number of nitrogens with zero attached hydrogens (tertiary/aromatic N) is 4. The Morgan fingerprint density at radius 3 is 2.53 bits per heavy atom. The molecule has 1 aliphatic carbocycles. The summed E-state index contributed by atoms with van der Waals surface area (Å²) < 4.78 is 33.5. The van der Waals surface area contributed by atoms with Gasteiger partial charge in [-0.3, -0.25) is 9.48 Å². The lowest BCUT2D eigenvalue weighted by Crippen LogP contribution is -2.29. The number of halogens is 1. The maximum absolute atomic E-state index is 15.2. The summed E-state index contributed by atoms with van der Waals surface area (Å²) in [5.74, 6) is 0.477. The lowest BCUT2D eigenvalue weighted by atomic mass is 9.88. The first kappa shape index (κ1) is 24.5. The van der Waals surface area contributed by atoms with Crippen LogP contribution in [0.3, 0.4) is 0 Å². The van der Waals surface area contributed by atoms with Crippen molar-refractivity contribution >= 4 is 5.97 Å². The predicted octanol–water partition coefficient (Wildman–Crippen LogP) is 5.48. The molecule has 1 saturated carbocycles. The molecule has 4 aromatic rings. The van der Waals surface area contributed by atoms with Crippen molar-refractivity contribution in [2.24, 2.45) is 0 Å². The van der Waals surface area contributed by atoms with E-state index in [9.17, 15) is 4.79 Å². The van der Waals surface area contributed by atoms with Crippen LogP contribution in [0.4, 0.5) is 4.39 Å². The first-order chi connectivity index (χ1) is 18.3. The Morgan fingerprint density at radius 2 is 1.82 bits per heavy atom. The number of aryl methyl sites for hydroxylation is 1. The molecular weight excluding hydrogens is 487 g/mol. The van der Waals surface area contributed by atoms with E-state index in [1.54, 1.807) is 12.1 Å². The molecule has 3 heterocycles. The highest BCUT2D eigenvalue weighted by Crippen LogP contribution is 2.49. The molecule has 2 aromatic carbocycles. The van der Waals surface area contributed by atoms with Crippen LogP contribution in [0.5, 0.6) is 0 Å². The summed E-state index contributed by atoms with van der Waals surface area (Å²) in [5.41, 5.74) is 3.14. The number of carbonyl (C=O) groups is 1. The van der Waals surface area contributed by atoms with Crippen LogP contribution in [0, 0.1) is 6.92 Å². The molecule has 0 amide bonds. The average molecular weight is 517 g/mol. The summed E-state index contributed by atoms with van der Waals surface area (Å²) >= 11 is 0. The molecule has 6 rings (SSSR count). The van der Waals surface area contributed by atoms with Gasteiger partial charge in [0.15, 0.2) is 5.69 Å². The van der Waals surface area contributed by atoms with Crippen molar-refractivity contribution in [2.45, 2.75) is 57.3 Å². The van der Waals surface area contributed by atoms with Crippen LogP contribution in [-0.4, -0.2) is 39.1 Å². The minimum absolute atomic E-state index is 0.263. The van der Waals surface area contributed by atoms with Gasteiger partial charge in [0, 0.05) is 44.2 Å². The fourth-order valence-corrected chi connectivity index (χ4v) is 5.09. The van der Waals surface area contributed by atoms with Gasteiger partial charge in [-0.05, 0) is 48.6 Å². The smallest absolute Gasteiger partial charge is 0.303 e. The first-order valence-corrected chi connectivity index (χ1v) is 12.9. The Balaban J connectivity index is 1.18. The van der Waals surface area contributed by atoms with Crippen molar-refractivity contribution < 1.29 is 23.2 Å². The number of esters is 1. The second-order valence-electron chi connectivity index (χ2n) is 10.2. The van der Waals surface area contributed by atoms with Gasteiger partial charge in [0.25, 0.3) is 5.89 Å². The number of ether oxygens (including phenoxy) is 2. The number of carbonyl (C=O) groups excluding carboxylic acids is 1. The average Bonchev–Trinajstić information content (AvgIpc) is 3.35. The third-order valence-electron chi connectivity index (χ3n) is 7.40. The van der Waals surface area contributed by atoms with Gasteiger partial charge >= 0.3 is 5.97 Å². The minimum Gasteiger partial charge on any atom is -0.454 e. The Bertz CT molecular complexity index is 1470. The standard InChI is InChI=1S/C29H29FN4O4/c1-19-16-25(32-34(19)18-21-4-3-5-24(17-21)29(10-11-29)37-20(2)35)27-31-26(33-38-27)22-6-8-23(9-7-22)28(30)12-14-36-15-13-28/h3-9,16-17H,10-15,18H2,1-2H3. The lowest BCUT2D eigenvalue weighted by Gasteiger charge is -2.29. The molecular formula is C29H29FN4O4. The molecule has 2 aromatic heterocycles. The molecule has 9 heteroatoms. The molecule has 2 fully saturated rings. The van der Waals surface area contributed by atoms with Crippen molar-refractivity contribution in [3.8, 4) is 23.0 Å². The number of aromatic nitrogens is 4. The first-order valence-electron chi connectivity index (χ1n) is 12.9. The van der Waals surface area contributed by atoms with Crippen LogP contribution in [0.15, 0.2) is 59.1 Å². The summed E-state index contributed by atoms with van der Waals surface area (Å²) in [6, 6.07) is 17.2. The topological polar surface area (TPSA) is 92.3 Å². The Kier molecular flexibility index (Phi) is 6.10. The zero-order valence-corrected chi connectivity index (χ0v) is 21.4. The van der Waals surface area contributed by atoms with Gasteiger partial charge in [0.1, 0.15) is 11.3 Å². The van der Waals surface area contributed by atoms with Crippen molar-refractivity contribution in [2.75, 3.05) is 13.2 Å². The molecule has 0 spiro atoms.